The van der Waals surface area contributed by atoms with E-state index in [1.54, 1.807) is 0 Å². The van der Waals surface area contributed by atoms with Crippen molar-refractivity contribution in [1.82, 2.24) is 0 Å². The van der Waals surface area contributed by atoms with Crippen LogP contribution in [0.4, 0.5) is 14.5 Å². The van der Waals surface area contributed by atoms with Gasteiger partial charge in [0.05, 0.1) is 0 Å². The molecule has 0 bridgehead atoms. The smallest absolute Gasteiger partial charge is 0.338 e. The molecule has 0 aliphatic carbocycles. The molecule has 0 spiro atoms. The van der Waals surface area contributed by atoms with Crippen molar-refractivity contribution in [3.63, 3.8) is 0 Å². The molecular weight excluding hydrogens is 271 g/mol. The molecule has 0 unspecified atom stereocenters. The van der Waals surface area contributed by atoms with Crippen LogP contribution in [0.3, 0.4) is 0 Å². The molecule has 0 saturated heterocycles. The third-order valence-corrected chi connectivity index (χ3v) is 3.49. The maximum absolute atomic E-state index is 12.7. The van der Waals surface area contributed by atoms with E-state index in [1.807, 2.05) is 0 Å². The highest BCUT2D eigenvalue weighted by atomic mass is 31.2. The Labute approximate surface area is 109 Å². The van der Waals surface area contributed by atoms with Crippen molar-refractivity contribution in [3.05, 3.63) is 60.2 Å². The second-order valence-electron chi connectivity index (χ2n) is 4.01. The molecule has 6 heteroatoms. The fourth-order valence-corrected chi connectivity index (χ4v) is 2.67. The largest absolute Gasteiger partial charge is 0.429 e. The van der Waals surface area contributed by atoms with Crippen molar-refractivity contribution in [2.24, 2.45) is 0 Å². The zero-order chi connectivity index (χ0) is 13.9. The van der Waals surface area contributed by atoms with Gasteiger partial charge in [-0.2, -0.15) is 0 Å². The van der Waals surface area contributed by atoms with Crippen molar-refractivity contribution in [1.29, 1.82) is 0 Å². The molecule has 0 fully saturated rings. The molecule has 0 amide bonds. The van der Waals surface area contributed by atoms with Gasteiger partial charge in [-0.1, -0.05) is 0 Å². The average Bonchev–Trinajstić information content (AvgIpc) is 2.34. The first-order valence-corrected chi connectivity index (χ1v) is 7.58. The van der Waals surface area contributed by atoms with Gasteiger partial charge in [0.1, 0.15) is 17.4 Å². The molecule has 2 rings (SSSR count). The van der Waals surface area contributed by atoms with E-state index in [0.717, 1.165) is 0 Å². The lowest BCUT2D eigenvalue weighted by molar-refractivity contribution is 0.492. The predicted octanol–water partition coefficient (Wildman–Crippen LogP) is 4.28. The van der Waals surface area contributed by atoms with Crippen LogP contribution in [0.1, 0.15) is 0 Å². The van der Waals surface area contributed by atoms with Crippen LogP contribution < -0.4 is 9.61 Å². The standard InChI is InChI=1S/C13H12F2NO2P/c1-19(17,16-12-6-2-10(14)3-7-12)18-13-8-4-11(15)5-9-13/h2-9H,1H3,(H,16,17)/t19-/m1/s1. The summed E-state index contributed by atoms with van der Waals surface area (Å²) in [7, 11) is -3.16. The van der Waals surface area contributed by atoms with Crippen LogP contribution >= 0.6 is 7.52 Å². The normalized spacial score (nSPS) is 13.6. The number of hydrogen-bond donors (Lipinski definition) is 1. The van der Waals surface area contributed by atoms with E-state index in [2.05, 4.69) is 5.09 Å². The topological polar surface area (TPSA) is 38.3 Å². The predicted molar refractivity (Wildman–Crippen MR) is 70.6 cm³/mol. The van der Waals surface area contributed by atoms with Gasteiger partial charge >= 0.3 is 7.52 Å². The van der Waals surface area contributed by atoms with E-state index in [0.29, 0.717) is 11.4 Å². The quantitative estimate of drug-likeness (QED) is 0.851. The number of nitrogens with one attached hydrogen (secondary N) is 1. The lowest BCUT2D eigenvalue weighted by atomic mass is 10.3. The zero-order valence-corrected chi connectivity index (χ0v) is 11.0. The van der Waals surface area contributed by atoms with Crippen LogP contribution in [-0.4, -0.2) is 6.66 Å². The van der Waals surface area contributed by atoms with E-state index >= 15 is 0 Å². The van der Waals surface area contributed by atoms with Crippen molar-refractivity contribution in [3.8, 4) is 5.75 Å². The van der Waals surface area contributed by atoms with Crippen molar-refractivity contribution < 1.29 is 17.9 Å². The molecule has 2 aromatic carbocycles. The fraction of sp³-hybridized carbons (Fsp3) is 0.0769. The summed E-state index contributed by atoms with van der Waals surface area (Å²) in [4.78, 5) is 0. The Balaban J connectivity index is 2.08. The molecule has 3 nitrogen and oxygen atoms in total. The third kappa shape index (κ3) is 4.07. The summed E-state index contributed by atoms with van der Waals surface area (Å²) in [5.41, 5.74) is 0.481. The Bertz CT molecular complexity index is 548. The molecular formula is C13H12F2NO2P. The summed E-state index contributed by atoms with van der Waals surface area (Å²) in [5.74, 6) is -0.484. The van der Waals surface area contributed by atoms with Gasteiger partial charge in [-0.05, 0) is 48.5 Å². The third-order valence-electron chi connectivity index (χ3n) is 2.27. The van der Waals surface area contributed by atoms with Gasteiger partial charge in [0.15, 0.2) is 0 Å². The molecule has 0 radical (unpaired) electrons. The SMILES string of the molecule is C[P@](=O)(Nc1ccc(F)cc1)Oc1ccc(F)cc1. The summed E-state index contributed by atoms with van der Waals surface area (Å²) >= 11 is 0. The average molecular weight is 283 g/mol. The van der Waals surface area contributed by atoms with Gasteiger partial charge in [-0.3, -0.25) is 4.57 Å². The molecule has 0 saturated carbocycles. The van der Waals surface area contributed by atoms with Gasteiger partial charge in [0, 0.05) is 12.4 Å². The minimum Gasteiger partial charge on any atom is -0.429 e. The number of benzene rings is 2. The summed E-state index contributed by atoms with van der Waals surface area (Å²) in [5, 5.41) is 2.68. The Kier molecular flexibility index (Phi) is 3.86. The zero-order valence-electron chi connectivity index (χ0n) is 10.1. The number of halogens is 2. The molecule has 19 heavy (non-hydrogen) atoms. The van der Waals surface area contributed by atoms with Crippen LogP contribution in [0.2, 0.25) is 0 Å². The van der Waals surface area contributed by atoms with E-state index in [1.165, 1.54) is 55.2 Å². The van der Waals surface area contributed by atoms with Gasteiger partial charge in [0.2, 0.25) is 0 Å². The Morgan fingerprint density at radius 2 is 1.42 bits per heavy atom. The van der Waals surface area contributed by atoms with Crippen LogP contribution in [0.5, 0.6) is 5.75 Å². The van der Waals surface area contributed by atoms with Gasteiger partial charge in [-0.15, -0.1) is 0 Å². The second kappa shape index (κ2) is 5.41. The molecule has 1 atom stereocenters. The van der Waals surface area contributed by atoms with E-state index in [9.17, 15) is 13.3 Å². The minimum absolute atomic E-state index is 0.293. The van der Waals surface area contributed by atoms with E-state index < -0.39 is 13.3 Å². The highest BCUT2D eigenvalue weighted by Crippen LogP contribution is 2.43. The minimum atomic E-state index is -3.16. The Morgan fingerprint density at radius 1 is 0.947 bits per heavy atom. The maximum Gasteiger partial charge on any atom is 0.338 e. The van der Waals surface area contributed by atoms with E-state index in [4.69, 9.17) is 4.52 Å². The van der Waals surface area contributed by atoms with Crippen LogP contribution in [0.25, 0.3) is 0 Å². The number of rotatable bonds is 4. The number of anilines is 1. The molecule has 0 heterocycles. The van der Waals surface area contributed by atoms with Gasteiger partial charge in [0.25, 0.3) is 0 Å². The highest BCUT2D eigenvalue weighted by Gasteiger charge is 2.17. The molecule has 0 aliphatic rings. The summed E-state index contributed by atoms with van der Waals surface area (Å²) < 4.78 is 42.9. The lowest BCUT2D eigenvalue weighted by Crippen LogP contribution is -2.02. The summed E-state index contributed by atoms with van der Waals surface area (Å²) in [6.45, 7) is 1.39. The molecule has 2 aromatic rings. The number of hydrogen-bond acceptors (Lipinski definition) is 2. The molecule has 1 N–H and O–H groups in total. The molecule has 0 aliphatic heterocycles. The molecule has 0 aromatic heterocycles. The monoisotopic (exact) mass is 283 g/mol. The lowest BCUT2D eigenvalue weighted by Gasteiger charge is -2.17. The summed E-state index contributed by atoms with van der Waals surface area (Å²) in [6, 6.07) is 10.6. The van der Waals surface area contributed by atoms with E-state index in [-0.39, 0.29) is 5.82 Å². The van der Waals surface area contributed by atoms with Crippen LogP contribution in [-0.2, 0) is 4.57 Å². The summed E-state index contributed by atoms with van der Waals surface area (Å²) in [6.07, 6.45) is 0. The van der Waals surface area contributed by atoms with Crippen LogP contribution in [0, 0.1) is 11.6 Å². The fourth-order valence-electron chi connectivity index (χ4n) is 1.48. The van der Waals surface area contributed by atoms with Crippen molar-refractivity contribution in [2.45, 2.75) is 0 Å². The second-order valence-corrected chi connectivity index (χ2v) is 6.11. The Morgan fingerprint density at radius 3 is 1.95 bits per heavy atom. The Hall–Kier alpha value is -1.87. The van der Waals surface area contributed by atoms with Gasteiger partial charge < -0.3 is 9.61 Å². The highest BCUT2D eigenvalue weighted by molar-refractivity contribution is 7.60. The first-order valence-electron chi connectivity index (χ1n) is 5.51. The van der Waals surface area contributed by atoms with Crippen molar-refractivity contribution in [2.75, 3.05) is 11.8 Å². The maximum atomic E-state index is 12.7. The van der Waals surface area contributed by atoms with Crippen molar-refractivity contribution >= 4 is 13.2 Å². The van der Waals surface area contributed by atoms with Crippen LogP contribution in [0.15, 0.2) is 48.5 Å². The van der Waals surface area contributed by atoms with Gasteiger partial charge in [-0.25, -0.2) is 8.78 Å². The molecule has 100 valence electrons. The first kappa shape index (κ1) is 13.6. The first-order chi connectivity index (χ1) is 8.94.